The molecule has 7 heteroatoms. The second kappa shape index (κ2) is 7.03. The number of carboxylic acids is 1. The number of ketones is 1. The molecule has 3 N–H and O–H groups in total. The van der Waals surface area contributed by atoms with E-state index in [1.54, 1.807) is 38.4 Å². The molecule has 3 rings (SSSR count). The summed E-state index contributed by atoms with van der Waals surface area (Å²) in [5.74, 6) is -3.75. The number of aliphatic hydroxyl groups excluding tert-OH is 1. The molecular formula is C20H18N2O5. The summed E-state index contributed by atoms with van der Waals surface area (Å²) in [5.41, 5.74) is 3.00. The molecule has 0 radical (unpaired) electrons. The maximum atomic E-state index is 12.6. The molecule has 2 aromatic rings. The van der Waals surface area contributed by atoms with Crippen LogP contribution in [0.2, 0.25) is 0 Å². The zero-order valence-electron chi connectivity index (χ0n) is 14.8. The van der Waals surface area contributed by atoms with E-state index < -0.39 is 41.5 Å². The van der Waals surface area contributed by atoms with Crippen LogP contribution in [0.1, 0.15) is 29.5 Å². The molecule has 1 aromatic carbocycles. The summed E-state index contributed by atoms with van der Waals surface area (Å²) in [6.07, 6.45) is 3.34. The number of nitrogens with one attached hydrogen (secondary N) is 1. The number of carboxylic acid groups (broad SMARTS) is 1. The molecule has 138 valence electrons. The number of aliphatic hydroxyl groups is 1. The number of aromatic nitrogens is 1. The average molecular weight is 366 g/mol. The maximum Gasteiger partial charge on any atom is 0.322 e. The number of Topliss-reactive ketones (excluding diaryl/α,β-unsaturated/α-hetero) is 1. The van der Waals surface area contributed by atoms with E-state index in [2.05, 4.69) is 10.3 Å². The quantitative estimate of drug-likeness (QED) is 0.715. The van der Waals surface area contributed by atoms with Gasteiger partial charge in [-0.15, -0.1) is 0 Å². The van der Waals surface area contributed by atoms with Crippen LogP contribution >= 0.6 is 0 Å². The van der Waals surface area contributed by atoms with E-state index >= 15 is 0 Å². The van der Waals surface area contributed by atoms with E-state index in [9.17, 15) is 19.5 Å². The summed E-state index contributed by atoms with van der Waals surface area (Å²) in [7, 11) is 0. The Hall–Kier alpha value is -3.48. The lowest BCUT2D eigenvalue weighted by atomic mass is 9.78. The lowest BCUT2D eigenvalue weighted by molar-refractivity contribution is -0.137. The Morgan fingerprint density at radius 2 is 2.00 bits per heavy atom. The zero-order chi connectivity index (χ0) is 19.7. The Balaban J connectivity index is 2.16. The molecule has 0 fully saturated rings. The molecule has 0 aliphatic heterocycles. The lowest BCUT2D eigenvalue weighted by Gasteiger charge is -2.26. The van der Waals surface area contributed by atoms with Gasteiger partial charge in [0.1, 0.15) is 17.9 Å². The molecule has 0 spiro atoms. The van der Waals surface area contributed by atoms with Crippen molar-refractivity contribution in [3.63, 3.8) is 0 Å². The van der Waals surface area contributed by atoms with Gasteiger partial charge in [0.05, 0.1) is 0 Å². The molecule has 0 bridgehead atoms. The number of fused-ring (bicyclic) bond motifs is 1. The third-order valence-electron chi connectivity index (χ3n) is 4.68. The van der Waals surface area contributed by atoms with Gasteiger partial charge in [-0.25, -0.2) is 0 Å². The topological polar surface area (TPSA) is 117 Å². The summed E-state index contributed by atoms with van der Waals surface area (Å²) in [4.78, 5) is 39.7. The molecule has 1 heterocycles. The fourth-order valence-corrected chi connectivity index (χ4v) is 3.31. The Kier molecular flexibility index (Phi) is 4.77. The Bertz CT molecular complexity index is 979. The first-order valence-electron chi connectivity index (χ1n) is 8.34. The normalized spacial score (nSPS) is 16.1. The molecule has 0 saturated heterocycles. The predicted octanol–water partition coefficient (Wildman–Crippen LogP) is 2.21. The highest BCUT2D eigenvalue weighted by Crippen LogP contribution is 2.40. The number of amides is 1. The Labute approximate surface area is 155 Å². The van der Waals surface area contributed by atoms with Gasteiger partial charge in [0.2, 0.25) is 0 Å². The van der Waals surface area contributed by atoms with Crippen molar-refractivity contribution in [3.8, 4) is 11.1 Å². The molecule has 7 nitrogen and oxygen atoms in total. The fraction of sp³-hybridized carbons (Fsp3) is 0.200. The molecule has 1 unspecified atom stereocenters. The third kappa shape index (κ3) is 3.19. The van der Waals surface area contributed by atoms with Crippen molar-refractivity contribution in [1.82, 2.24) is 10.3 Å². The molecule has 1 aliphatic carbocycles. The summed E-state index contributed by atoms with van der Waals surface area (Å²) >= 11 is 0. The van der Waals surface area contributed by atoms with Gasteiger partial charge in [-0.1, -0.05) is 25.1 Å². The summed E-state index contributed by atoms with van der Waals surface area (Å²) in [5, 5.41) is 21.6. The number of pyridine rings is 1. The highest BCUT2D eigenvalue weighted by molar-refractivity contribution is 6.27. The van der Waals surface area contributed by atoms with Gasteiger partial charge < -0.3 is 15.5 Å². The van der Waals surface area contributed by atoms with Crippen LogP contribution in [-0.4, -0.2) is 39.4 Å². The second-order valence-corrected chi connectivity index (χ2v) is 6.33. The van der Waals surface area contributed by atoms with E-state index in [-0.39, 0.29) is 0 Å². The van der Waals surface area contributed by atoms with Crippen molar-refractivity contribution in [1.29, 1.82) is 0 Å². The standard InChI is InChI=1S/C20H18N2O5/c1-10-13(12-4-3-7-21-8-12)5-6-14-11(2)18(25)17(19(26)16(10)14)20(27)22-9-15(23)24/h3-8,11,26H,9H2,1-2H3,(H,22,27)(H,23,24). The van der Waals surface area contributed by atoms with Crippen LogP contribution < -0.4 is 5.32 Å². The van der Waals surface area contributed by atoms with Gasteiger partial charge in [0.15, 0.2) is 5.78 Å². The third-order valence-corrected chi connectivity index (χ3v) is 4.68. The van der Waals surface area contributed by atoms with Crippen molar-refractivity contribution in [3.05, 3.63) is 58.9 Å². The number of carbonyl (C=O) groups excluding carboxylic acids is 2. The first-order valence-corrected chi connectivity index (χ1v) is 8.34. The van der Waals surface area contributed by atoms with Crippen LogP contribution in [0.15, 0.2) is 42.2 Å². The van der Waals surface area contributed by atoms with Gasteiger partial charge in [-0.05, 0) is 29.7 Å². The van der Waals surface area contributed by atoms with Crippen LogP contribution in [0.5, 0.6) is 0 Å². The monoisotopic (exact) mass is 366 g/mol. The van der Waals surface area contributed by atoms with Crippen LogP contribution in [0.4, 0.5) is 0 Å². The Morgan fingerprint density at radius 1 is 1.26 bits per heavy atom. The van der Waals surface area contributed by atoms with Crippen molar-refractivity contribution in [2.75, 3.05) is 6.54 Å². The number of aliphatic carboxylic acids is 1. The smallest absolute Gasteiger partial charge is 0.322 e. The molecular weight excluding hydrogens is 348 g/mol. The van der Waals surface area contributed by atoms with Gasteiger partial charge in [-0.2, -0.15) is 0 Å². The van der Waals surface area contributed by atoms with Crippen molar-refractivity contribution >= 4 is 23.4 Å². The zero-order valence-corrected chi connectivity index (χ0v) is 14.8. The number of benzene rings is 1. The van der Waals surface area contributed by atoms with E-state index in [4.69, 9.17) is 5.11 Å². The minimum absolute atomic E-state index is 0.414. The minimum Gasteiger partial charge on any atom is -0.506 e. The first-order chi connectivity index (χ1) is 12.8. The SMILES string of the molecule is Cc1c(-c2cccnc2)ccc2c1C(O)=C(C(=O)NCC(=O)O)C(=O)C2C. The number of carbonyl (C=O) groups is 3. The molecule has 1 amide bonds. The van der Waals surface area contributed by atoms with Gasteiger partial charge in [0.25, 0.3) is 5.91 Å². The highest BCUT2D eigenvalue weighted by Gasteiger charge is 2.36. The number of nitrogens with zero attached hydrogens (tertiary/aromatic N) is 1. The van der Waals surface area contributed by atoms with E-state index in [0.29, 0.717) is 16.7 Å². The van der Waals surface area contributed by atoms with Crippen LogP contribution in [0.3, 0.4) is 0 Å². The summed E-state index contributed by atoms with van der Waals surface area (Å²) in [6.45, 7) is 2.81. The van der Waals surface area contributed by atoms with Crippen molar-refractivity contribution < 1.29 is 24.6 Å². The Morgan fingerprint density at radius 3 is 2.63 bits per heavy atom. The van der Waals surface area contributed by atoms with Crippen LogP contribution in [-0.2, 0) is 14.4 Å². The lowest BCUT2D eigenvalue weighted by Crippen LogP contribution is -2.36. The number of hydrogen-bond donors (Lipinski definition) is 3. The largest absolute Gasteiger partial charge is 0.506 e. The van der Waals surface area contributed by atoms with Gasteiger partial charge in [0, 0.05) is 29.4 Å². The highest BCUT2D eigenvalue weighted by atomic mass is 16.4. The van der Waals surface area contributed by atoms with Gasteiger partial charge >= 0.3 is 5.97 Å². The minimum atomic E-state index is -1.24. The fourth-order valence-electron chi connectivity index (χ4n) is 3.31. The van der Waals surface area contributed by atoms with Crippen LogP contribution in [0.25, 0.3) is 16.9 Å². The van der Waals surface area contributed by atoms with Crippen molar-refractivity contribution in [2.45, 2.75) is 19.8 Å². The van der Waals surface area contributed by atoms with Crippen LogP contribution in [0, 0.1) is 6.92 Å². The first kappa shape index (κ1) is 18.3. The van der Waals surface area contributed by atoms with Crippen molar-refractivity contribution in [2.24, 2.45) is 0 Å². The summed E-state index contributed by atoms with van der Waals surface area (Å²) < 4.78 is 0. The second-order valence-electron chi connectivity index (χ2n) is 6.33. The van der Waals surface area contributed by atoms with E-state index in [1.165, 1.54) is 0 Å². The predicted molar refractivity (Wildman–Crippen MR) is 98.0 cm³/mol. The summed E-state index contributed by atoms with van der Waals surface area (Å²) in [6, 6.07) is 7.29. The molecule has 1 aliphatic rings. The molecule has 1 atom stereocenters. The number of rotatable bonds is 4. The molecule has 27 heavy (non-hydrogen) atoms. The van der Waals surface area contributed by atoms with E-state index in [0.717, 1.165) is 11.1 Å². The molecule has 1 aromatic heterocycles. The number of hydrogen-bond acceptors (Lipinski definition) is 5. The molecule has 0 saturated carbocycles. The average Bonchev–Trinajstić information content (AvgIpc) is 2.65. The van der Waals surface area contributed by atoms with E-state index in [1.807, 2.05) is 12.1 Å². The maximum absolute atomic E-state index is 12.6. The van der Waals surface area contributed by atoms with Gasteiger partial charge in [-0.3, -0.25) is 19.4 Å².